The van der Waals surface area contributed by atoms with Crippen LogP contribution in [0.15, 0.2) is 231 Å². The van der Waals surface area contributed by atoms with Gasteiger partial charge >= 0.3 is 0 Å². The molecule has 0 heteroatoms. The molecule has 0 spiro atoms. The van der Waals surface area contributed by atoms with E-state index in [2.05, 4.69) is 258 Å². The quantitative estimate of drug-likeness (QED) is 0.133. The van der Waals surface area contributed by atoms with Gasteiger partial charge in [0.2, 0.25) is 0 Å². The van der Waals surface area contributed by atoms with Crippen molar-refractivity contribution in [3.63, 3.8) is 0 Å². The van der Waals surface area contributed by atoms with Crippen molar-refractivity contribution < 1.29 is 0 Å². The maximum absolute atomic E-state index is 2.32. The molecule has 0 nitrogen and oxygen atoms in total. The van der Waals surface area contributed by atoms with E-state index in [-0.39, 0.29) is 0 Å². The Bertz CT molecular complexity index is 4080. The molecule has 14 rings (SSSR count). The summed E-state index contributed by atoms with van der Waals surface area (Å²) >= 11 is 0. The zero-order chi connectivity index (χ0) is 44.7. The molecule has 0 atom stereocenters. The number of rotatable bonds is 0. The van der Waals surface area contributed by atoms with Gasteiger partial charge in [0.25, 0.3) is 0 Å². The molecule has 0 saturated carbocycles. The van der Waals surface area contributed by atoms with Crippen LogP contribution in [0.2, 0.25) is 0 Å². The van der Waals surface area contributed by atoms with Crippen molar-refractivity contribution in [3.05, 3.63) is 253 Å². The van der Waals surface area contributed by atoms with E-state index < -0.39 is 0 Å². The van der Waals surface area contributed by atoms with Crippen LogP contribution >= 0.6 is 0 Å². The van der Waals surface area contributed by atoms with Crippen LogP contribution in [0.3, 0.4) is 0 Å². The Morgan fingerprint density at radius 3 is 1.24 bits per heavy atom. The predicted octanol–water partition coefficient (Wildman–Crippen LogP) is 18.9. The monoisotopic (exact) mass is 842 g/mol. The second-order valence-corrected chi connectivity index (χ2v) is 17.9. The van der Waals surface area contributed by atoms with Gasteiger partial charge in [-0.1, -0.05) is 242 Å². The summed E-state index contributed by atoms with van der Waals surface area (Å²) in [6, 6.07) is 83.1. The van der Waals surface area contributed by atoms with Crippen LogP contribution < -0.4 is 0 Å². The molecule has 14 aromatic carbocycles. The van der Waals surface area contributed by atoms with Gasteiger partial charge in [-0.25, -0.2) is 0 Å². The highest BCUT2D eigenvalue weighted by Gasteiger charge is 2.09. The Hall–Kier alpha value is -8.06. The first-order valence-electron chi connectivity index (χ1n) is 23.1. The van der Waals surface area contributed by atoms with Gasteiger partial charge in [-0.05, 0) is 147 Å². The SMILES string of the molecule is Cc1cc2c3ccccc3ccc2c2ccccc12.Cc1ccc2c(ccc3ccccc32)c1.Cc1ccc2ccc3cccc4ccc1c2c34.Cc1ccc2ccc3ccccc3c2c1. The van der Waals surface area contributed by atoms with Crippen molar-refractivity contribution in [2.45, 2.75) is 27.7 Å². The molecule has 0 aliphatic carbocycles. The number of aryl methyl sites for hydroxylation is 4. The molecule has 66 heavy (non-hydrogen) atoms. The highest BCUT2D eigenvalue weighted by Crippen LogP contribution is 2.36. The zero-order valence-corrected chi connectivity index (χ0v) is 37.9. The molecule has 314 valence electrons. The maximum Gasteiger partial charge on any atom is -0.00241 e. The van der Waals surface area contributed by atoms with Crippen molar-refractivity contribution in [1.29, 1.82) is 0 Å². The summed E-state index contributed by atoms with van der Waals surface area (Å²) < 4.78 is 0. The average Bonchev–Trinajstić information content (AvgIpc) is 3.36. The maximum atomic E-state index is 2.32. The Labute approximate surface area is 386 Å². The minimum atomic E-state index is 1.31. The summed E-state index contributed by atoms with van der Waals surface area (Å²) in [7, 11) is 0. The van der Waals surface area contributed by atoms with Crippen LogP contribution in [0.5, 0.6) is 0 Å². The number of hydrogen-bond acceptors (Lipinski definition) is 0. The lowest BCUT2D eigenvalue weighted by Gasteiger charge is -2.11. The Morgan fingerprint density at radius 1 is 0.182 bits per heavy atom. The Morgan fingerprint density at radius 2 is 0.561 bits per heavy atom. The van der Waals surface area contributed by atoms with Crippen molar-refractivity contribution in [1.82, 2.24) is 0 Å². The normalized spacial score (nSPS) is 11.3. The van der Waals surface area contributed by atoms with Gasteiger partial charge in [-0.15, -0.1) is 0 Å². The van der Waals surface area contributed by atoms with Crippen LogP contribution in [0.25, 0.3) is 108 Å². The third-order valence-electron chi connectivity index (χ3n) is 13.5. The first kappa shape index (κ1) is 40.7. The van der Waals surface area contributed by atoms with Crippen molar-refractivity contribution in [3.8, 4) is 0 Å². The lowest BCUT2D eigenvalue weighted by molar-refractivity contribution is 1.51. The molecule has 0 bridgehead atoms. The number of hydrogen-bond donors (Lipinski definition) is 0. The van der Waals surface area contributed by atoms with E-state index in [1.165, 1.54) is 130 Å². The van der Waals surface area contributed by atoms with Gasteiger partial charge in [-0.3, -0.25) is 0 Å². The first-order valence-corrected chi connectivity index (χ1v) is 23.1. The first-order chi connectivity index (χ1) is 32.4. The van der Waals surface area contributed by atoms with E-state index in [9.17, 15) is 0 Å². The lowest BCUT2D eigenvalue weighted by atomic mass is 9.92. The van der Waals surface area contributed by atoms with Crippen LogP contribution in [-0.4, -0.2) is 0 Å². The molecule has 0 aliphatic rings. The summed E-state index contributed by atoms with van der Waals surface area (Å²) in [5.41, 5.74) is 5.34. The summed E-state index contributed by atoms with van der Waals surface area (Å²) in [6.07, 6.45) is 0. The fraction of sp³-hybridized carbons (Fsp3) is 0.0606. The molecule has 0 N–H and O–H groups in total. The fourth-order valence-electron chi connectivity index (χ4n) is 10.2. The third kappa shape index (κ3) is 7.51. The Kier molecular flexibility index (Phi) is 10.6. The zero-order valence-electron chi connectivity index (χ0n) is 37.9. The van der Waals surface area contributed by atoms with Crippen LogP contribution in [0, 0.1) is 27.7 Å². The molecule has 0 unspecified atom stereocenters. The molecule has 14 aromatic rings. The van der Waals surface area contributed by atoms with E-state index in [0.29, 0.717) is 0 Å². The minimum absolute atomic E-state index is 1.31. The number of fused-ring (bicyclic) bond motifs is 11. The van der Waals surface area contributed by atoms with E-state index >= 15 is 0 Å². The van der Waals surface area contributed by atoms with E-state index in [4.69, 9.17) is 0 Å². The van der Waals surface area contributed by atoms with E-state index in [0.717, 1.165) is 0 Å². The Balaban J connectivity index is 0.0000000977. The van der Waals surface area contributed by atoms with E-state index in [1.807, 2.05) is 0 Å². The molecule has 0 radical (unpaired) electrons. The smallest absolute Gasteiger partial charge is 0.00241 e. The van der Waals surface area contributed by atoms with Gasteiger partial charge in [0.1, 0.15) is 0 Å². The van der Waals surface area contributed by atoms with Crippen molar-refractivity contribution >= 4 is 108 Å². The molecule has 0 saturated heterocycles. The standard InChI is InChI=1S/C19H14.C17H12.2C15H12/c1-13-12-19-16-8-3-2-6-14(16)10-11-18(19)17-9-5-4-7-15(13)17;1-11-5-6-14-8-7-12-3-2-4-13-9-10-15(11)17(14)16(12)13;1-11-6-9-15-13(10-11)8-7-12-4-2-3-5-14(12)15;1-11-6-7-13-9-8-12-4-2-3-5-14(12)15(13)10-11/h2-12H,1H3;2-10H,1H3;2*2-10H,1H3. The molecule has 0 aromatic heterocycles. The summed E-state index contributed by atoms with van der Waals surface area (Å²) in [6.45, 7) is 8.66. The highest BCUT2D eigenvalue weighted by molar-refractivity contribution is 6.23. The second-order valence-electron chi connectivity index (χ2n) is 17.9. The molecule has 0 aliphatic heterocycles. The van der Waals surface area contributed by atoms with Gasteiger partial charge < -0.3 is 0 Å². The van der Waals surface area contributed by atoms with Gasteiger partial charge in [0.05, 0.1) is 0 Å². The third-order valence-corrected chi connectivity index (χ3v) is 13.5. The summed E-state index contributed by atoms with van der Waals surface area (Å²) in [4.78, 5) is 0. The van der Waals surface area contributed by atoms with Gasteiger partial charge in [-0.2, -0.15) is 0 Å². The van der Waals surface area contributed by atoms with Crippen molar-refractivity contribution in [2.75, 3.05) is 0 Å². The van der Waals surface area contributed by atoms with Crippen LogP contribution in [0.4, 0.5) is 0 Å². The highest BCUT2D eigenvalue weighted by atomic mass is 14.1. The topological polar surface area (TPSA) is 0 Å². The largest absolute Gasteiger partial charge is 0.0616 e. The molecule has 0 fully saturated rings. The molecule has 0 amide bonds. The molecule has 0 heterocycles. The van der Waals surface area contributed by atoms with Crippen LogP contribution in [-0.2, 0) is 0 Å². The second kappa shape index (κ2) is 17.1. The summed E-state index contributed by atoms with van der Waals surface area (Å²) in [5.74, 6) is 0. The lowest BCUT2D eigenvalue weighted by Crippen LogP contribution is -1.85. The molecular weight excluding hydrogens is 793 g/mol. The van der Waals surface area contributed by atoms with E-state index in [1.54, 1.807) is 0 Å². The van der Waals surface area contributed by atoms with Gasteiger partial charge in [0.15, 0.2) is 0 Å². The fourth-order valence-corrected chi connectivity index (χ4v) is 10.2. The van der Waals surface area contributed by atoms with Gasteiger partial charge in [0, 0.05) is 0 Å². The van der Waals surface area contributed by atoms with Crippen LogP contribution in [0.1, 0.15) is 22.3 Å². The predicted molar refractivity (Wildman–Crippen MR) is 291 cm³/mol. The number of benzene rings is 14. The average molecular weight is 843 g/mol. The minimum Gasteiger partial charge on any atom is -0.0616 e. The van der Waals surface area contributed by atoms with Crippen molar-refractivity contribution in [2.24, 2.45) is 0 Å². The molecular formula is C66H50. The summed E-state index contributed by atoms with van der Waals surface area (Å²) in [5, 5.41) is 26.9.